The molecule has 1 N–H and O–H groups in total. The molecule has 0 aliphatic heterocycles. The maximum Gasteiger partial charge on any atom is 0.264 e. The van der Waals surface area contributed by atoms with E-state index in [1.807, 2.05) is 37.3 Å². The van der Waals surface area contributed by atoms with E-state index in [0.717, 1.165) is 9.87 Å². The van der Waals surface area contributed by atoms with Crippen molar-refractivity contribution in [3.8, 4) is 11.5 Å². The molecular formula is C24H26N2O5S. The highest BCUT2D eigenvalue weighted by molar-refractivity contribution is 7.92. The van der Waals surface area contributed by atoms with Crippen LogP contribution in [0, 0.1) is 0 Å². The van der Waals surface area contributed by atoms with Crippen LogP contribution in [0.1, 0.15) is 18.5 Å². The van der Waals surface area contributed by atoms with Crippen LogP contribution in [0.2, 0.25) is 0 Å². The Morgan fingerprint density at radius 1 is 0.906 bits per heavy atom. The predicted octanol–water partition coefficient (Wildman–Crippen LogP) is 3.78. The summed E-state index contributed by atoms with van der Waals surface area (Å²) in [6.07, 6.45) is 0. The number of methoxy groups -OCH3 is 2. The second-order valence-electron chi connectivity index (χ2n) is 7.06. The summed E-state index contributed by atoms with van der Waals surface area (Å²) < 4.78 is 38.6. The van der Waals surface area contributed by atoms with Gasteiger partial charge in [0.2, 0.25) is 5.91 Å². The molecule has 0 saturated carbocycles. The van der Waals surface area contributed by atoms with Gasteiger partial charge >= 0.3 is 0 Å². The second kappa shape index (κ2) is 10.2. The Balaban J connectivity index is 1.92. The van der Waals surface area contributed by atoms with Crippen LogP contribution in [0.15, 0.2) is 83.8 Å². The first-order valence-corrected chi connectivity index (χ1v) is 11.4. The van der Waals surface area contributed by atoms with E-state index in [0.29, 0.717) is 11.4 Å². The monoisotopic (exact) mass is 454 g/mol. The van der Waals surface area contributed by atoms with E-state index in [4.69, 9.17) is 9.47 Å². The van der Waals surface area contributed by atoms with Gasteiger partial charge < -0.3 is 14.8 Å². The Morgan fingerprint density at radius 3 is 2.09 bits per heavy atom. The summed E-state index contributed by atoms with van der Waals surface area (Å²) in [4.78, 5) is 12.8. The number of nitrogens with zero attached hydrogens (tertiary/aromatic N) is 1. The molecule has 0 spiro atoms. The molecule has 0 unspecified atom stereocenters. The van der Waals surface area contributed by atoms with Gasteiger partial charge in [0.05, 0.1) is 30.8 Å². The van der Waals surface area contributed by atoms with Crippen LogP contribution >= 0.6 is 0 Å². The molecule has 0 aliphatic rings. The molecule has 168 valence electrons. The number of ether oxygens (including phenoxy) is 2. The maximum absolute atomic E-state index is 13.5. The van der Waals surface area contributed by atoms with Gasteiger partial charge in [0, 0.05) is 6.07 Å². The molecule has 32 heavy (non-hydrogen) atoms. The molecule has 3 aromatic rings. The van der Waals surface area contributed by atoms with E-state index in [-0.39, 0.29) is 23.2 Å². The van der Waals surface area contributed by atoms with Crippen LogP contribution in [-0.2, 0) is 14.8 Å². The lowest BCUT2D eigenvalue weighted by molar-refractivity contribution is -0.120. The third-order valence-corrected chi connectivity index (χ3v) is 6.72. The maximum atomic E-state index is 13.5. The molecule has 1 amide bonds. The Labute approximate surface area is 188 Å². The third kappa shape index (κ3) is 5.20. The van der Waals surface area contributed by atoms with Crippen molar-refractivity contribution in [1.82, 2.24) is 5.32 Å². The Bertz CT molecular complexity index is 1150. The molecule has 0 heterocycles. The first-order valence-electron chi connectivity index (χ1n) is 10.0. The quantitative estimate of drug-likeness (QED) is 0.532. The van der Waals surface area contributed by atoms with Crippen LogP contribution in [0.5, 0.6) is 11.5 Å². The highest BCUT2D eigenvalue weighted by atomic mass is 32.2. The zero-order valence-corrected chi connectivity index (χ0v) is 19.0. The molecule has 0 saturated heterocycles. The lowest BCUT2D eigenvalue weighted by Crippen LogP contribution is -2.41. The van der Waals surface area contributed by atoms with E-state index >= 15 is 0 Å². The van der Waals surface area contributed by atoms with Gasteiger partial charge in [-0.05, 0) is 36.8 Å². The third-order valence-electron chi connectivity index (χ3n) is 4.95. The van der Waals surface area contributed by atoms with Crippen LogP contribution < -0.4 is 19.1 Å². The van der Waals surface area contributed by atoms with Gasteiger partial charge in [0.25, 0.3) is 10.0 Å². The number of anilines is 1. The fraction of sp³-hybridized carbons (Fsp3) is 0.208. The second-order valence-corrected chi connectivity index (χ2v) is 8.93. The van der Waals surface area contributed by atoms with Crippen LogP contribution in [0.4, 0.5) is 5.69 Å². The molecule has 3 rings (SSSR count). The molecule has 0 bridgehead atoms. The average molecular weight is 455 g/mol. The van der Waals surface area contributed by atoms with Crippen molar-refractivity contribution < 1.29 is 22.7 Å². The van der Waals surface area contributed by atoms with Gasteiger partial charge in [0.1, 0.15) is 6.54 Å². The van der Waals surface area contributed by atoms with Crippen LogP contribution in [0.3, 0.4) is 0 Å². The highest BCUT2D eigenvalue weighted by Gasteiger charge is 2.28. The number of nitrogens with one attached hydrogen (secondary N) is 1. The van der Waals surface area contributed by atoms with E-state index in [2.05, 4.69) is 5.32 Å². The number of hydrogen-bond acceptors (Lipinski definition) is 5. The number of hydrogen-bond donors (Lipinski definition) is 1. The summed E-state index contributed by atoms with van der Waals surface area (Å²) in [6.45, 7) is 1.47. The number of carbonyl (C=O) groups excluding carboxylic acids is 1. The van der Waals surface area contributed by atoms with Crippen molar-refractivity contribution in [2.75, 3.05) is 25.1 Å². The molecular weight excluding hydrogens is 428 g/mol. The Kier molecular flexibility index (Phi) is 7.37. The first kappa shape index (κ1) is 23.1. The Morgan fingerprint density at radius 2 is 1.50 bits per heavy atom. The van der Waals surface area contributed by atoms with Crippen LogP contribution in [-0.4, -0.2) is 35.1 Å². The SMILES string of the molecule is COc1ccc(S(=O)(=O)N(CC(=O)N[C@@H](C)c2ccccc2)c2ccccc2)cc1OC. The van der Waals surface area contributed by atoms with Crippen molar-refractivity contribution in [1.29, 1.82) is 0 Å². The fourth-order valence-electron chi connectivity index (χ4n) is 3.26. The average Bonchev–Trinajstić information content (AvgIpc) is 2.83. The molecule has 7 nitrogen and oxygen atoms in total. The molecule has 0 radical (unpaired) electrons. The van der Waals surface area contributed by atoms with Gasteiger partial charge in [-0.1, -0.05) is 48.5 Å². The largest absolute Gasteiger partial charge is 0.493 e. The predicted molar refractivity (Wildman–Crippen MR) is 124 cm³/mol. The molecule has 0 aliphatic carbocycles. The van der Waals surface area contributed by atoms with Gasteiger partial charge in [-0.25, -0.2) is 8.42 Å². The summed E-state index contributed by atoms with van der Waals surface area (Å²) >= 11 is 0. The molecule has 1 atom stereocenters. The van der Waals surface area contributed by atoms with Crippen molar-refractivity contribution in [2.24, 2.45) is 0 Å². The van der Waals surface area contributed by atoms with Crippen molar-refractivity contribution >= 4 is 21.6 Å². The van der Waals surface area contributed by atoms with Crippen molar-refractivity contribution in [3.63, 3.8) is 0 Å². The minimum absolute atomic E-state index is 0.0112. The first-order chi connectivity index (χ1) is 15.4. The normalized spacial score (nSPS) is 12.0. The van der Waals surface area contributed by atoms with Crippen LogP contribution in [0.25, 0.3) is 0 Å². The number of amides is 1. The van der Waals surface area contributed by atoms with E-state index in [9.17, 15) is 13.2 Å². The highest BCUT2D eigenvalue weighted by Crippen LogP contribution is 2.32. The minimum atomic E-state index is -4.07. The standard InChI is InChI=1S/C24H26N2O5S/c1-18(19-10-6-4-7-11-19)25-24(27)17-26(20-12-8-5-9-13-20)32(28,29)21-14-15-22(30-2)23(16-21)31-3/h4-16,18H,17H2,1-3H3,(H,25,27)/t18-/m0/s1. The van der Waals surface area contributed by atoms with Gasteiger partial charge in [-0.2, -0.15) is 0 Å². The van der Waals surface area contributed by atoms with Crippen molar-refractivity contribution in [3.05, 3.63) is 84.4 Å². The minimum Gasteiger partial charge on any atom is -0.493 e. The number of benzene rings is 3. The summed E-state index contributed by atoms with van der Waals surface area (Å²) in [5.41, 5.74) is 1.31. The van der Waals surface area contributed by atoms with Gasteiger partial charge in [-0.15, -0.1) is 0 Å². The number of rotatable bonds is 9. The molecule has 3 aromatic carbocycles. The fourth-order valence-corrected chi connectivity index (χ4v) is 4.69. The lowest BCUT2D eigenvalue weighted by atomic mass is 10.1. The summed E-state index contributed by atoms with van der Waals surface area (Å²) in [5, 5.41) is 2.87. The smallest absolute Gasteiger partial charge is 0.264 e. The number of sulfonamides is 1. The zero-order chi connectivity index (χ0) is 23.1. The zero-order valence-electron chi connectivity index (χ0n) is 18.2. The molecule has 8 heteroatoms. The van der Waals surface area contributed by atoms with Gasteiger partial charge in [0.15, 0.2) is 11.5 Å². The number of carbonyl (C=O) groups is 1. The van der Waals surface area contributed by atoms with E-state index in [1.54, 1.807) is 30.3 Å². The Hall–Kier alpha value is -3.52. The molecule has 0 aromatic heterocycles. The number of para-hydroxylation sites is 1. The topological polar surface area (TPSA) is 84.9 Å². The van der Waals surface area contributed by atoms with Crippen molar-refractivity contribution in [2.45, 2.75) is 17.9 Å². The van der Waals surface area contributed by atoms with E-state index < -0.39 is 15.9 Å². The summed E-state index contributed by atoms with van der Waals surface area (Å²) in [7, 11) is -1.17. The summed E-state index contributed by atoms with van der Waals surface area (Å²) in [5.74, 6) is 0.269. The lowest BCUT2D eigenvalue weighted by Gasteiger charge is -2.25. The van der Waals surface area contributed by atoms with E-state index in [1.165, 1.54) is 32.4 Å². The summed E-state index contributed by atoms with van der Waals surface area (Å²) in [6, 6.07) is 22.0. The molecule has 0 fully saturated rings. The van der Waals surface area contributed by atoms with Gasteiger partial charge in [-0.3, -0.25) is 9.10 Å².